The van der Waals surface area contributed by atoms with Gasteiger partial charge in [0, 0.05) is 11.3 Å². The molecule has 3 rings (SSSR count). The molecule has 0 atom stereocenters. The van der Waals surface area contributed by atoms with Crippen molar-refractivity contribution in [1.29, 1.82) is 0 Å². The third-order valence-electron chi connectivity index (χ3n) is 3.53. The van der Waals surface area contributed by atoms with E-state index in [1.54, 1.807) is 0 Å². The Morgan fingerprint density at radius 3 is 2.59 bits per heavy atom. The molecular weight excluding hydrogens is 362 g/mol. The van der Waals surface area contributed by atoms with Gasteiger partial charge in [0.05, 0.1) is 4.47 Å². The number of halogens is 1. The minimum atomic E-state index is 0.240. The predicted octanol–water partition coefficient (Wildman–Crippen LogP) is 4.53. The van der Waals surface area contributed by atoms with Crippen LogP contribution in [-0.2, 0) is 0 Å². The lowest BCUT2D eigenvalue weighted by atomic mass is 10.1. The van der Waals surface area contributed by atoms with Gasteiger partial charge in [0.1, 0.15) is 5.52 Å². The number of hydrogen-bond acceptors (Lipinski definition) is 3. The molecule has 0 saturated heterocycles. The van der Waals surface area contributed by atoms with Crippen molar-refractivity contribution in [3.63, 3.8) is 0 Å². The van der Waals surface area contributed by atoms with Crippen LogP contribution in [0.3, 0.4) is 0 Å². The molecule has 0 fully saturated rings. The van der Waals surface area contributed by atoms with E-state index in [9.17, 15) is 0 Å². The Morgan fingerprint density at radius 2 is 1.95 bits per heavy atom. The molecule has 0 aliphatic carbocycles. The highest BCUT2D eigenvalue weighted by Crippen LogP contribution is 2.33. The fourth-order valence-electron chi connectivity index (χ4n) is 2.21. The van der Waals surface area contributed by atoms with E-state index in [0.29, 0.717) is 5.89 Å². The summed E-state index contributed by atoms with van der Waals surface area (Å²) in [6, 6.07) is 9.63. The third kappa shape index (κ3) is 2.71. The summed E-state index contributed by atoms with van der Waals surface area (Å²) in [5.41, 5.74) is 11.1. The smallest absolute Gasteiger partial charge is 0.227 e. The lowest BCUT2D eigenvalue weighted by Gasteiger charge is -2.03. The number of nitrogens with two attached hydrogens (primary N) is 1. The summed E-state index contributed by atoms with van der Waals surface area (Å²) in [6.45, 7) is 4.11. The molecule has 0 amide bonds. The largest absolute Gasteiger partial charge is 0.435 e. The fourth-order valence-corrected chi connectivity index (χ4v) is 2.92. The summed E-state index contributed by atoms with van der Waals surface area (Å²) in [4.78, 5) is 4.57. The topological polar surface area (TPSA) is 64.1 Å². The summed E-state index contributed by atoms with van der Waals surface area (Å²) >= 11 is 8.40. The number of nitrogens with zero attached hydrogens (tertiary/aromatic N) is 1. The highest BCUT2D eigenvalue weighted by molar-refractivity contribution is 9.10. The number of fused-ring (bicyclic) bond motifs is 1. The van der Waals surface area contributed by atoms with Crippen LogP contribution >= 0.6 is 28.1 Å². The van der Waals surface area contributed by atoms with Crippen molar-refractivity contribution in [2.45, 2.75) is 13.8 Å². The third-order valence-corrected chi connectivity index (χ3v) is 4.58. The van der Waals surface area contributed by atoms with Gasteiger partial charge < -0.3 is 15.5 Å². The van der Waals surface area contributed by atoms with Crippen molar-refractivity contribution in [3.8, 4) is 11.5 Å². The zero-order chi connectivity index (χ0) is 15.9. The summed E-state index contributed by atoms with van der Waals surface area (Å²) in [6.07, 6.45) is 0. The predicted molar refractivity (Wildman–Crippen MR) is 97.0 cm³/mol. The van der Waals surface area contributed by atoms with Crippen molar-refractivity contribution in [3.05, 3.63) is 45.9 Å². The Morgan fingerprint density at radius 1 is 1.27 bits per heavy atom. The van der Waals surface area contributed by atoms with Gasteiger partial charge in [-0.3, -0.25) is 0 Å². The first-order valence-corrected chi connectivity index (χ1v) is 7.89. The molecule has 4 nitrogen and oxygen atoms in total. The average Bonchev–Trinajstić information content (AvgIpc) is 2.89. The molecule has 0 unspecified atom stereocenters. The molecule has 0 bridgehead atoms. The Bertz CT molecular complexity index is 871. The van der Waals surface area contributed by atoms with Crippen LogP contribution in [-0.4, -0.2) is 10.1 Å². The zero-order valence-electron chi connectivity index (χ0n) is 12.1. The molecule has 0 aliphatic rings. The van der Waals surface area contributed by atoms with Crippen LogP contribution in [0.25, 0.3) is 22.6 Å². The minimum Gasteiger partial charge on any atom is -0.435 e. The van der Waals surface area contributed by atoms with E-state index in [-0.39, 0.29) is 5.11 Å². The molecule has 0 radical (unpaired) electrons. The quantitative estimate of drug-likeness (QED) is 0.644. The molecule has 0 spiro atoms. The second-order valence-corrected chi connectivity index (χ2v) is 6.30. The lowest BCUT2D eigenvalue weighted by Crippen LogP contribution is -2.18. The normalized spacial score (nSPS) is 10.9. The summed E-state index contributed by atoms with van der Waals surface area (Å²) in [5.74, 6) is 0.586. The van der Waals surface area contributed by atoms with Crippen LogP contribution in [0.15, 0.2) is 39.2 Å². The van der Waals surface area contributed by atoms with Crippen LogP contribution in [0, 0.1) is 13.8 Å². The zero-order valence-corrected chi connectivity index (χ0v) is 14.5. The number of anilines is 1. The Balaban J connectivity index is 2.03. The lowest BCUT2D eigenvalue weighted by molar-refractivity contribution is 0.617. The molecule has 2 aromatic carbocycles. The van der Waals surface area contributed by atoms with Gasteiger partial charge in [0.15, 0.2) is 10.7 Å². The Kier molecular flexibility index (Phi) is 3.88. The van der Waals surface area contributed by atoms with Crippen LogP contribution in [0.4, 0.5) is 5.69 Å². The molecule has 1 heterocycles. The molecule has 0 aliphatic heterocycles. The van der Waals surface area contributed by atoms with E-state index >= 15 is 0 Å². The molecule has 0 saturated carbocycles. The molecule has 112 valence electrons. The van der Waals surface area contributed by atoms with Gasteiger partial charge in [-0.2, -0.15) is 0 Å². The highest BCUT2D eigenvalue weighted by atomic mass is 79.9. The maximum Gasteiger partial charge on any atom is 0.227 e. The van der Waals surface area contributed by atoms with E-state index in [1.807, 2.05) is 30.3 Å². The van der Waals surface area contributed by atoms with Crippen molar-refractivity contribution >= 4 is 50.0 Å². The average molecular weight is 376 g/mol. The first-order chi connectivity index (χ1) is 10.5. The first kappa shape index (κ1) is 15.0. The van der Waals surface area contributed by atoms with Gasteiger partial charge in [-0.05, 0) is 83.5 Å². The second kappa shape index (κ2) is 5.70. The van der Waals surface area contributed by atoms with Crippen LogP contribution in [0.2, 0.25) is 0 Å². The van der Waals surface area contributed by atoms with Crippen LogP contribution < -0.4 is 11.1 Å². The number of thiocarbonyl (C=S) groups is 1. The fraction of sp³-hybridized carbons (Fsp3) is 0.125. The van der Waals surface area contributed by atoms with E-state index in [4.69, 9.17) is 22.4 Å². The summed E-state index contributed by atoms with van der Waals surface area (Å²) < 4.78 is 6.86. The molecule has 6 heteroatoms. The van der Waals surface area contributed by atoms with Crippen molar-refractivity contribution in [1.82, 2.24) is 4.98 Å². The van der Waals surface area contributed by atoms with Gasteiger partial charge in [-0.25, -0.2) is 4.98 Å². The van der Waals surface area contributed by atoms with E-state index < -0.39 is 0 Å². The van der Waals surface area contributed by atoms with Gasteiger partial charge >= 0.3 is 0 Å². The van der Waals surface area contributed by atoms with Crippen molar-refractivity contribution < 1.29 is 4.42 Å². The maximum absolute atomic E-state index is 5.91. The van der Waals surface area contributed by atoms with Gasteiger partial charge in [-0.1, -0.05) is 0 Å². The Hall–Kier alpha value is -1.92. The van der Waals surface area contributed by atoms with E-state index in [1.165, 1.54) is 5.56 Å². The van der Waals surface area contributed by atoms with Gasteiger partial charge in [-0.15, -0.1) is 0 Å². The molecule has 3 aromatic rings. The van der Waals surface area contributed by atoms with Crippen molar-refractivity contribution in [2.75, 3.05) is 5.32 Å². The summed E-state index contributed by atoms with van der Waals surface area (Å²) in [7, 11) is 0. The number of oxazole rings is 1. The standard InChI is InChI=1S/C16H14BrN3OS/c1-8-7-12-14(13(17)9(8)2)21-15(20-12)10-3-5-11(6-4-10)19-16(18)22/h3-7H,1-2H3,(H3,18,19,22). The number of nitrogens with one attached hydrogen (secondary N) is 1. The second-order valence-electron chi connectivity index (χ2n) is 5.07. The number of hydrogen-bond donors (Lipinski definition) is 2. The number of rotatable bonds is 2. The van der Waals surface area contributed by atoms with Crippen molar-refractivity contribution in [2.24, 2.45) is 5.73 Å². The van der Waals surface area contributed by atoms with Crippen LogP contribution in [0.5, 0.6) is 0 Å². The van der Waals surface area contributed by atoms with E-state index in [0.717, 1.165) is 32.4 Å². The van der Waals surface area contributed by atoms with Gasteiger partial charge in [0.25, 0.3) is 0 Å². The maximum atomic E-state index is 5.91. The van der Waals surface area contributed by atoms with Gasteiger partial charge in [0.2, 0.25) is 5.89 Å². The monoisotopic (exact) mass is 375 g/mol. The SMILES string of the molecule is Cc1cc2nc(-c3ccc(NC(N)=S)cc3)oc2c(Br)c1C. The highest BCUT2D eigenvalue weighted by Gasteiger charge is 2.14. The van der Waals surface area contributed by atoms with E-state index in [2.05, 4.69) is 40.1 Å². The molecule has 3 N–H and O–H groups in total. The summed E-state index contributed by atoms with van der Waals surface area (Å²) in [5, 5.41) is 3.13. The Labute approximate surface area is 141 Å². The first-order valence-electron chi connectivity index (χ1n) is 6.69. The number of aromatic nitrogens is 1. The molecule has 22 heavy (non-hydrogen) atoms. The number of aryl methyl sites for hydroxylation is 1. The minimum absolute atomic E-state index is 0.240. The molecular formula is C16H14BrN3OS. The number of benzene rings is 2. The molecule has 1 aromatic heterocycles. The van der Waals surface area contributed by atoms with Crippen LogP contribution in [0.1, 0.15) is 11.1 Å².